The number of nitrogens with zero attached hydrogens (tertiary/aromatic N) is 3. The van der Waals surface area contributed by atoms with Crippen molar-refractivity contribution in [2.75, 3.05) is 13.1 Å². The van der Waals surface area contributed by atoms with E-state index < -0.39 is 0 Å². The van der Waals surface area contributed by atoms with Gasteiger partial charge in [-0.2, -0.15) is 5.10 Å². The zero-order chi connectivity index (χ0) is 19.8. The fourth-order valence-electron chi connectivity index (χ4n) is 3.85. The third kappa shape index (κ3) is 3.32. The van der Waals surface area contributed by atoms with Gasteiger partial charge in [0.1, 0.15) is 0 Å². The predicted molar refractivity (Wildman–Crippen MR) is 111 cm³/mol. The molecule has 0 unspecified atom stereocenters. The molecule has 6 heteroatoms. The van der Waals surface area contributed by atoms with Crippen LogP contribution in [-0.2, 0) is 0 Å². The fraction of sp³-hybridized carbons (Fsp3) is 0.273. The summed E-state index contributed by atoms with van der Waals surface area (Å²) in [5.74, 6) is 0.174. The molecule has 2 heterocycles. The molecule has 1 fully saturated rings. The Morgan fingerprint density at radius 1 is 1.07 bits per heavy atom. The van der Waals surface area contributed by atoms with Gasteiger partial charge in [0.25, 0.3) is 5.91 Å². The lowest BCUT2D eigenvalue weighted by atomic mass is 9.95. The number of carbonyl (C=O) groups is 1. The van der Waals surface area contributed by atoms with Gasteiger partial charge in [0.05, 0.1) is 22.1 Å². The van der Waals surface area contributed by atoms with E-state index in [1.165, 1.54) is 5.56 Å². The molecule has 3 aromatic rings. The van der Waals surface area contributed by atoms with Crippen LogP contribution in [0.3, 0.4) is 0 Å². The summed E-state index contributed by atoms with van der Waals surface area (Å²) in [6, 6.07) is 17.6. The molecule has 1 aromatic heterocycles. The zero-order valence-corrected chi connectivity index (χ0v) is 16.7. The van der Waals surface area contributed by atoms with Gasteiger partial charge in [0, 0.05) is 30.6 Å². The minimum absolute atomic E-state index is 0.00633. The quantitative estimate of drug-likeness (QED) is 0.736. The first-order chi connectivity index (χ1) is 13.5. The maximum absolute atomic E-state index is 13.0. The maximum atomic E-state index is 13.0. The summed E-state index contributed by atoms with van der Waals surface area (Å²) in [6.45, 7) is 5.01. The third-order valence-electron chi connectivity index (χ3n) is 5.44. The Labute approximate surface area is 169 Å². The Hall–Kier alpha value is -2.63. The van der Waals surface area contributed by atoms with E-state index in [0.717, 1.165) is 17.1 Å². The zero-order valence-electron chi connectivity index (χ0n) is 16.0. The number of hydrogen-bond donors (Lipinski definition) is 1. The molecule has 1 saturated heterocycles. The molecule has 0 bridgehead atoms. The molecule has 0 saturated carbocycles. The van der Waals surface area contributed by atoms with Crippen molar-refractivity contribution in [2.45, 2.75) is 25.8 Å². The highest BCUT2D eigenvalue weighted by molar-refractivity contribution is 6.31. The van der Waals surface area contributed by atoms with E-state index in [2.05, 4.69) is 17.2 Å². The van der Waals surface area contributed by atoms with Crippen molar-refractivity contribution >= 4 is 17.5 Å². The Balaban J connectivity index is 1.52. The van der Waals surface area contributed by atoms with Crippen LogP contribution >= 0.6 is 11.6 Å². The van der Waals surface area contributed by atoms with Gasteiger partial charge >= 0.3 is 0 Å². The van der Waals surface area contributed by atoms with Crippen molar-refractivity contribution < 1.29 is 4.79 Å². The lowest BCUT2D eigenvalue weighted by Gasteiger charge is -2.17. The van der Waals surface area contributed by atoms with Crippen LogP contribution < -0.4 is 5.73 Å². The highest BCUT2D eigenvalue weighted by atomic mass is 35.5. The number of nitrogens with two attached hydrogens (primary N) is 1. The van der Waals surface area contributed by atoms with Gasteiger partial charge in [0.2, 0.25) is 0 Å². The molecule has 0 aliphatic carbocycles. The van der Waals surface area contributed by atoms with E-state index in [0.29, 0.717) is 23.7 Å². The Kier molecular flexibility index (Phi) is 4.96. The summed E-state index contributed by atoms with van der Waals surface area (Å²) in [7, 11) is 0. The van der Waals surface area contributed by atoms with Gasteiger partial charge in [-0.15, -0.1) is 0 Å². The first-order valence-electron chi connectivity index (χ1n) is 9.37. The van der Waals surface area contributed by atoms with Gasteiger partial charge in [-0.25, -0.2) is 4.68 Å². The molecule has 1 aliphatic rings. The first-order valence-corrected chi connectivity index (χ1v) is 9.75. The van der Waals surface area contributed by atoms with Gasteiger partial charge in [-0.05, 0) is 43.7 Å². The van der Waals surface area contributed by atoms with Gasteiger partial charge in [-0.1, -0.05) is 41.9 Å². The SMILES string of the molecule is Cc1nn(-c2ccc(C(=O)N3C[C@@H](N)[C@H](c4ccccc4)C3)cc2)c(C)c1Cl. The predicted octanol–water partition coefficient (Wildman–Crippen LogP) is 3.71. The molecule has 28 heavy (non-hydrogen) atoms. The average molecular weight is 395 g/mol. The van der Waals surface area contributed by atoms with E-state index in [1.807, 2.05) is 61.2 Å². The smallest absolute Gasteiger partial charge is 0.253 e. The van der Waals surface area contributed by atoms with Gasteiger partial charge in [-0.3, -0.25) is 4.79 Å². The molecule has 2 aromatic carbocycles. The summed E-state index contributed by atoms with van der Waals surface area (Å²) in [4.78, 5) is 14.8. The van der Waals surface area contributed by atoms with E-state index in [9.17, 15) is 4.79 Å². The van der Waals surface area contributed by atoms with Crippen LogP contribution in [0.1, 0.15) is 33.2 Å². The molecule has 0 radical (unpaired) electrons. The average Bonchev–Trinajstić information content (AvgIpc) is 3.23. The summed E-state index contributed by atoms with van der Waals surface area (Å²) in [6.07, 6.45) is 0. The summed E-state index contributed by atoms with van der Waals surface area (Å²) < 4.78 is 1.79. The molecular weight excluding hydrogens is 372 g/mol. The topological polar surface area (TPSA) is 64.2 Å². The monoisotopic (exact) mass is 394 g/mol. The molecule has 1 aliphatic heterocycles. The minimum Gasteiger partial charge on any atom is -0.336 e. The molecule has 144 valence electrons. The lowest BCUT2D eigenvalue weighted by molar-refractivity contribution is 0.0789. The highest BCUT2D eigenvalue weighted by Crippen LogP contribution is 2.28. The Morgan fingerprint density at radius 2 is 1.75 bits per heavy atom. The van der Waals surface area contributed by atoms with E-state index >= 15 is 0 Å². The van der Waals surface area contributed by atoms with Crippen LogP contribution in [-0.4, -0.2) is 39.7 Å². The van der Waals surface area contributed by atoms with Crippen molar-refractivity contribution in [1.29, 1.82) is 0 Å². The number of aromatic nitrogens is 2. The first kappa shape index (κ1) is 18.7. The van der Waals surface area contributed by atoms with E-state index in [4.69, 9.17) is 17.3 Å². The number of aryl methyl sites for hydroxylation is 1. The van der Waals surface area contributed by atoms with Gasteiger partial charge in [0.15, 0.2) is 0 Å². The molecule has 2 N–H and O–H groups in total. The second kappa shape index (κ2) is 7.41. The standard InChI is InChI=1S/C22H23ClN4O/c1-14-21(23)15(2)27(25-14)18-10-8-17(9-11-18)22(28)26-12-19(20(24)13-26)16-6-4-3-5-7-16/h3-11,19-20H,12-13,24H2,1-2H3/t19-,20+/m0/s1. The summed E-state index contributed by atoms with van der Waals surface area (Å²) >= 11 is 6.24. The third-order valence-corrected chi connectivity index (χ3v) is 5.99. The molecule has 0 spiro atoms. The van der Waals surface area contributed by atoms with Crippen molar-refractivity contribution in [3.8, 4) is 5.69 Å². The number of benzene rings is 2. The number of carbonyl (C=O) groups excluding carboxylic acids is 1. The van der Waals surface area contributed by atoms with Crippen molar-refractivity contribution in [3.63, 3.8) is 0 Å². The van der Waals surface area contributed by atoms with Crippen LogP contribution in [0.5, 0.6) is 0 Å². The van der Waals surface area contributed by atoms with E-state index in [1.54, 1.807) is 4.68 Å². The fourth-order valence-corrected chi connectivity index (χ4v) is 3.97. The largest absolute Gasteiger partial charge is 0.336 e. The van der Waals surface area contributed by atoms with Crippen LogP contribution in [0, 0.1) is 13.8 Å². The highest BCUT2D eigenvalue weighted by Gasteiger charge is 2.34. The number of rotatable bonds is 3. The molecule has 4 rings (SSSR count). The molecule has 1 amide bonds. The second-order valence-electron chi connectivity index (χ2n) is 7.33. The minimum atomic E-state index is -0.0533. The Morgan fingerprint density at radius 3 is 2.36 bits per heavy atom. The van der Waals surface area contributed by atoms with Gasteiger partial charge < -0.3 is 10.6 Å². The second-order valence-corrected chi connectivity index (χ2v) is 7.71. The van der Waals surface area contributed by atoms with Crippen molar-refractivity contribution in [1.82, 2.24) is 14.7 Å². The lowest BCUT2D eigenvalue weighted by Crippen LogP contribution is -2.32. The van der Waals surface area contributed by atoms with Crippen molar-refractivity contribution in [2.24, 2.45) is 5.73 Å². The van der Waals surface area contributed by atoms with Crippen LogP contribution in [0.25, 0.3) is 5.69 Å². The number of halogens is 1. The molecule has 5 nitrogen and oxygen atoms in total. The van der Waals surface area contributed by atoms with Crippen molar-refractivity contribution in [3.05, 3.63) is 82.1 Å². The maximum Gasteiger partial charge on any atom is 0.253 e. The number of hydrogen-bond acceptors (Lipinski definition) is 3. The van der Waals surface area contributed by atoms with Crippen LogP contribution in [0.4, 0.5) is 0 Å². The van der Waals surface area contributed by atoms with Crippen LogP contribution in [0.2, 0.25) is 5.02 Å². The summed E-state index contributed by atoms with van der Waals surface area (Å²) in [5.41, 5.74) is 10.7. The molecular formula is C22H23ClN4O. The van der Waals surface area contributed by atoms with Crippen LogP contribution in [0.15, 0.2) is 54.6 Å². The number of amides is 1. The Bertz CT molecular complexity index is 997. The molecule has 2 atom stereocenters. The van der Waals surface area contributed by atoms with E-state index in [-0.39, 0.29) is 17.9 Å². The number of likely N-dealkylation sites (tertiary alicyclic amines) is 1. The summed E-state index contributed by atoms with van der Waals surface area (Å²) in [5, 5.41) is 5.12. The normalized spacial score (nSPS) is 19.2.